The van der Waals surface area contributed by atoms with Gasteiger partial charge in [0.1, 0.15) is 17.0 Å². The first-order valence-electron chi connectivity index (χ1n) is 9.82. The molecule has 0 aliphatic carbocycles. The standard InChI is InChI=1S/C23H26N2O5/c1-5-6-15-7-9-16(10-8-15)23(2)21(27)25(22(28)24-23)14-19(26)18-12-11-17(29-3)13-20(18)30-4/h7-13H,5-6,14H2,1-4H3,(H,24,28)/t23-/m0/s1. The van der Waals surface area contributed by atoms with Crippen LogP contribution in [0.15, 0.2) is 42.5 Å². The van der Waals surface area contributed by atoms with Gasteiger partial charge in [0.05, 0.1) is 26.3 Å². The van der Waals surface area contributed by atoms with Crippen molar-refractivity contribution in [2.45, 2.75) is 32.2 Å². The Bertz CT molecular complexity index is 970. The quantitative estimate of drug-likeness (QED) is 0.533. The predicted octanol–water partition coefficient (Wildman–Crippen LogP) is 3.31. The van der Waals surface area contributed by atoms with Crippen LogP contribution in [0.3, 0.4) is 0 Å². The minimum absolute atomic E-state index is 0.274. The van der Waals surface area contributed by atoms with E-state index in [1.165, 1.54) is 19.8 Å². The summed E-state index contributed by atoms with van der Waals surface area (Å²) >= 11 is 0. The van der Waals surface area contributed by atoms with E-state index in [1.54, 1.807) is 25.1 Å². The number of carbonyl (C=O) groups excluding carboxylic acids is 3. The number of ketones is 1. The summed E-state index contributed by atoms with van der Waals surface area (Å²) in [5.41, 5.74) is 0.904. The Morgan fingerprint density at radius 3 is 2.37 bits per heavy atom. The molecule has 0 aromatic heterocycles. The van der Waals surface area contributed by atoms with Crippen molar-refractivity contribution in [1.82, 2.24) is 10.2 Å². The number of nitrogens with one attached hydrogen (secondary N) is 1. The van der Waals surface area contributed by atoms with Gasteiger partial charge in [0.15, 0.2) is 5.78 Å². The van der Waals surface area contributed by atoms with Gasteiger partial charge in [0, 0.05) is 6.07 Å². The monoisotopic (exact) mass is 410 g/mol. The van der Waals surface area contributed by atoms with Gasteiger partial charge in [-0.2, -0.15) is 0 Å². The Kier molecular flexibility index (Phi) is 6.10. The molecule has 1 N–H and O–H groups in total. The molecule has 3 rings (SSSR count). The van der Waals surface area contributed by atoms with Gasteiger partial charge in [-0.15, -0.1) is 0 Å². The molecule has 1 heterocycles. The van der Waals surface area contributed by atoms with E-state index >= 15 is 0 Å². The number of imide groups is 1. The second-order valence-electron chi connectivity index (χ2n) is 7.38. The summed E-state index contributed by atoms with van der Waals surface area (Å²) in [6, 6.07) is 11.8. The van der Waals surface area contributed by atoms with Gasteiger partial charge in [-0.1, -0.05) is 37.6 Å². The van der Waals surface area contributed by atoms with Crippen LogP contribution >= 0.6 is 0 Å². The smallest absolute Gasteiger partial charge is 0.325 e. The highest BCUT2D eigenvalue weighted by atomic mass is 16.5. The molecule has 158 valence electrons. The highest BCUT2D eigenvalue weighted by Gasteiger charge is 2.49. The van der Waals surface area contributed by atoms with Crippen molar-refractivity contribution in [2.75, 3.05) is 20.8 Å². The Morgan fingerprint density at radius 1 is 1.07 bits per heavy atom. The normalized spacial score (nSPS) is 18.3. The molecular weight excluding hydrogens is 384 g/mol. The van der Waals surface area contributed by atoms with Crippen LogP contribution in [0, 0.1) is 0 Å². The molecule has 0 radical (unpaired) electrons. The first-order valence-corrected chi connectivity index (χ1v) is 9.82. The molecule has 2 aromatic carbocycles. The van der Waals surface area contributed by atoms with Crippen molar-refractivity contribution in [2.24, 2.45) is 0 Å². The summed E-state index contributed by atoms with van der Waals surface area (Å²) in [4.78, 5) is 39.5. The molecule has 0 spiro atoms. The maximum absolute atomic E-state index is 13.1. The number of urea groups is 1. The molecule has 0 bridgehead atoms. The Labute approximate surface area is 176 Å². The number of methoxy groups -OCH3 is 2. The second kappa shape index (κ2) is 8.57. The van der Waals surface area contributed by atoms with Crippen molar-refractivity contribution in [3.8, 4) is 11.5 Å². The largest absolute Gasteiger partial charge is 0.497 e. The van der Waals surface area contributed by atoms with Crippen LogP contribution < -0.4 is 14.8 Å². The minimum Gasteiger partial charge on any atom is -0.497 e. The summed E-state index contributed by atoms with van der Waals surface area (Å²) in [5, 5.41) is 2.74. The summed E-state index contributed by atoms with van der Waals surface area (Å²) < 4.78 is 10.4. The summed E-state index contributed by atoms with van der Waals surface area (Å²) in [6.45, 7) is 3.38. The molecule has 1 fully saturated rings. The lowest BCUT2D eigenvalue weighted by atomic mass is 9.91. The molecule has 1 aliphatic rings. The Hall–Kier alpha value is -3.35. The lowest BCUT2D eigenvalue weighted by Crippen LogP contribution is -2.41. The van der Waals surface area contributed by atoms with Crippen LogP contribution in [-0.2, 0) is 16.8 Å². The van der Waals surface area contributed by atoms with Crippen molar-refractivity contribution < 1.29 is 23.9 Å². The first-order chi connectivity index (χ1) is 14.3. The maximum atomic E-state index is 13.1. The van der Waals surface area contributed by atoms with Crippen LogP contribution in [0.5, 0.6) is 11.5 Å². The fourth-order valence-corrected chi connectivity index (χ4v) is 3.59. The lowest BCUT2D eigenvalue weighted by molar-refractivity contribution is -0.130. The number of hydrogen-bond donors (Lipinski definition) is 1. The molecule has 1 saturated heterocycles. The molecule has 3 amide bonds. The summed E-state index contributed by atoms with van der Waals surface area (Å²) in [7, 11) is 2.96. The van der Waals surface area contributed by atoms with E-state index in [0.29, 0.717) is 17.1 Å². The third kappa shape index (κ3) is 3.87. The van der Waals surface area contributed by atoms with Gasteiger partial charge in [-0.3, -0.25) is 14.5 Å². The van der Waals surface area contributed by atoms with Crippen molar-refractivity contribution in [1.29, 1.82) is 0 Å². The number of carbonyl (C=O) groups is 3. The fraction of sp³-hybridized carbons (Fsp3) is 0.348. The number of nitrogens with zero attached hydrogens (tertiary/aromatic N) is 1. The minimum atomic E-state index is -1.22. The molecular formula is C23H26N2O5. The molecule has 7 nitrogen and oxygen atoms in total. The molecule has 2 aromatic rings. The summed E-state index contributed by atoms with van der Waals surface area (Å²) in [6.07, 6.45) is 1.97. The van der Waals surface area contributed by atoms with Crippen molar-refractivity contribution >= 4 is 17.7 Å². The maximum Gasteiger partial charge on any atom is 0.325 e. The van der Waals surface area contributed by atoms with E-state index in [1.807, 2.05) is 24.3 Å². The zero-order chi connectivity index (χ0) is 21.9. The topological polar surface area (TPSA) is 84.9 Å². The highest BCUT2D eigenvalue weighted by molar-refractivity contribution is 6.11. The molecule has 7 heteroatoms. The fourth-order valence-electron chi connectivity index (χ4n) is 3.59. The zero-order valence-electron chi connectivity index (χ0n) is 17.7. The molecule has 30 heavy (non-hydrogen) atoms. The van der Waals surface area contributed by atoms with Gasteiger partial charge >= 0.3 is 6.03 Å². The SMILES string of the molecule is CCCc1ccc([C@]2(C)NC(=O)N(CC(=O)c3ccc(OC)cc3OC)C2=O)cc1. The van der Waals surface area contributed by atoms with Crippen LogP contribution in [0.1, 0.15) is 41.8 Å². The number of amides is 3. The van der Waals surface area contributed by atoms with Gasteiger partial charge in [0.25, 0.3) is 5.91 Å². The average Bonchev–Trinajstić information content (AvgIpc) is 2.97. The van der Waals surface area contributed by atoms with Gasteiger partial charge in [-0.05, 0) is 36.6 Å². The Morgan fingerprint density at radius 2 is 1.77 bits per heavy atom. The van der Waals surface area contributed by atoms with Crippen LogP contribution in [-0.4, -0.2) is 43.4 Å². The van der Waals surface area contributed by atoms with E-state index in [2.05, 4.69) is 12.2 Å². The number of Topliss-reactive ketones (excluding diaryl/α,β-unsaturated/α-hetero) is 1. The summed E-state index contributed by atoms with van der Waals surface area (Å²) in [5.74, 6) is -0.00437. The average molecular weight is 410 g/mol. The third-order valence-corrected chi connectivity index (χ3v) is 5.36. The molecule has 1 atom stereocenters. The van der Waals surface area contributed by atoms with Crippen molar-refractivity contribution in [3.63, 3.8) is 0 Å². The Balaban J connectivity index is 1.82. The zero-order valence-corrected chi connectivity index (χ0v) is 17.7. The van der Waals surface area contributed by atoms with E-state index < -0.39 is 23.3 Å². The number of ether oxygens (including phenoxy) is 2. The predicted molar refractivity (Wildman–Crippen MR) is 112 cm³/mol. The highest BCUT2D eigenvalue weighted by Crippen LogP contribution is 2.30. The van der Waals surface area contributed by atoms with E-state index in [9.17, 15) is 14.4 Å². The van der Waals surface area contributed by atoms with E-state index in [-0.39, 0.29) is 12.1 Å². The molecule has 1 aliphatic heterocycles. The lowest BCUT2D eigenvalue weighted by Gasteiger charge is -2.22. The van der Waals surface area contributed by atoms with Gasteiger partial charge < -0.3 is 14.8 Å². The van der Waals surface area contributed by atoms with Gasteiger partial charge in [-0.25, -0.2) is 4.79 Å². The van der Waals surface area contributed by atoms with E-state index in [4.69, 9.17) is 9.47 Å². The van der Waals surface area contributed by atoms with Crippen LogP contribution in [0.25, 0.3) is 0 Å². The van der Waals surface area contributed by atoms with Crippen molar-refractivity contribution in [3.05, 3.63) is 59.2 Å². The van der Waals surface area contributed by atoms with E-state index in [0.717, 1.165) is 17.7 Å². The third-order valence-electron chi connectivity index (χ3n) is 5.36. The first kappa shape index (κ1) is 21.4. The number of hydrogen-bond acceptors (Lipinski definition) is 5. The number of aryl methyl sites for hydroxylation is 1. The number of rotatable bonds is 8. The van der Waals surface area contributed by atoms with Crippen LogP contribution in [0.2, 0.25) is 0 Å². The number of benzene rings is 2. The van der Waals surface area contributed by atoms with Gasteiger partial charge in [0.2, 0.25) is 0 Å². The van der Waals surface area contributed by atoms with Crippen LogP contribution in [0.4, 0.5) is 4.79 Å². The molecule has 0 unspecified atom stereocenters. The second-order valence-corrected chi connectivity index (χ2v) is 7.38. The molecule has 0 saturated carbocycles.